The Morgan fingerprint density at radius 2 is 2.09 bits per heavy atom. The van der Waals surface area contributed by atoms with Crippen molar-refractivity contribution < 1.29 is 0 Å². The zero-order valence-electron chi connectivity index (χ0n) is 7.43. The number of thiazole rings is 1. The molecule has 0 aliphatic carbocycles. The standard InChI is InChI=1S/C4H5N2S.3CH3.Sn/c1-5-4-6-2-3-7-4;;;;/h3H,1H3,(H,5,6);3*1H3;. The summed E-state index contributed by atoms with van der Waals surface area (Å²) in [7, 11) is 1.92. The summed E-state index contributed by atoms with van der Waals surface area (Å²) in [6.45, 7) is 0. The normalized spacial score (nSPS) is 11.6. The molecule has 0 saturated carbocycles. The Hall–Kier alpha value is 0.229. The second-order valence-electron chi connectivity index (χ2n) is 3.54. The van der Waals surface area contributed by atoms with Crippen molar-refractivity contribution in [2.24, 2.45) is 0 Å². The molecule has 1 rings (SSSR count). The van der Waals surface area contributed by atoms with Crippen LogP contribution in [0.2, 0.25) is 14.8 Å². The van der Waals surface area contributed by atoms with E-state index in [9.17, 15) is 0 Å². The average Bonchev–Trinajstić information content (AvgIpc) is 2.32. The van der Waals surface area contributed by atoms with Gasteiger partial charge < -0.3 is 0 Å². The van der Waals surface area contributed by atoms with E-state index in [0.29, 0.717) is 0 Å². The Bertz CT molecular complexity index is 239. The van der Waals surface area contributed by atoms with Crippen LogP contribution in [0, 0.1) is 0 Å². The first-order valence-corrected chi connectivity index (χ1v) is 14.5. The van der Waals surface area contributed by atoms with Gasteiger partial charge in [0.15, 0.2) is 0 Å². The molecular formula is C7H14N2SSn. The van der Waals surface area contributed by atoms with E-state index in [1.54, 1.807) is 11.3 Å². The van der Waals surface area contributed by atoms with Gasteiger partial charge in [0.1, 0.15) is 0 Å². The molecule has 1 aromatic rings. The maximum atomic E-state index is 4.50. The zero-order valence-corrected chi connectivity index (χ0v) is 11.1. The Morgan fingerprint density at radius 1 is 1.45 bits per heavy atom. The molecule has 0 atom stereocenters. The van der Waals surface area contributed by atoms with Crippen LogP contribution in [0.1, 0.15) is 0 Å². The third-order valence-corrected chi connectivity index (χ3v) is 8.06. The quantitative estimate of drug-likeness (QED) is 0.833. The van der Waals surface area contributed by atoms with Crippen LogP contribution in [-0.4, -0.2) is 30.4 Å². The molecular weight excluding hydrogens is 263 g/mol. The number of aromatic nitrogens is 1. The van der Waals surface area contributed by atoms with Crippen molar-refractivity contribution in [3.8, 4) is 0 Å². The van der Waals surface area contributed by atoms with Crippen LogP contribution in [-0.2, 0) is 0 Å². The maximum absolute atomic E-state index is 4.50. The summed E-state index contributed by atoms with van der Waals surface area (Å²) in [6.07, 6.45) is 0. The van der Waals surface area contributed by atoms with Gasteiger partial charge in [0, 0.05) is 0 Å². The van der Waals surface area contributed by atoms with Crippen molar-refractivity contribution in [1.29, 1.82) is 0 Å². The van der Waals surface area contributed by atoms with E-state index in [0.717, 1.165) is 5.13 Å². The third kappa shape index (κ3) is 2.33. The molecule has 0 fully saturated rings. The van der Waals surface area contributed by atoms with Crippen molar-refractivity contribution in [3.05, 3.63) is 5.38 Å². The van der Waals surface area contributed by atoms with Gasteiger partial charge in [-0.3, -0.25) is 0 Å². The Balaban J connectivity index is 2.89. The van der Waals surface area contributed by atoms with Gasteiger partial charge >= 0.3 is 76.1 Å². The molecule has 4 heteroatoms. The van der Waals surface area contributed by atoms with Crippen LogP contribution >= 0.6 is 11.3 Å². The fourth-order valence-corrected chi connectivity index (χ4v) is 6.67. The van der Waals surface area contributed by atoms with E-state index in [4.69, 9.17) is 0 Å². The van der Waals surface area contributed by atoms with Crippen LogP contribution < -0.4 is 9.03 Å². The van der Waals surface area contributed by atoms with Crippen molar-refractivity contribution in [2.75, 3.05) is 12.4 Å². The molecule has 0 saturated heterocycles. The third-order valence-electron chi connectivity index (χ3n) is 1.49. The second kappa shape index (κ2) is 3.31. The molecule has 2 nitrogen and oxygen atoms in total. The number of nitrogens with one attached hydrogen (secondary N) is 1. The average molecular weight is 277 g/mol. The summed E-state index contributed by atoms with van der Waals surface area (Å²) in [5.41, 5.74) is 0. The predicted octanol–water partition coefficient (Wildman–Crippen LogP) is 1.73. The van der Waals surface area contributed by atoms with E-state index in [-0.39, 0.29) is 0 Å². The second-order valence-corrected chi connectivity index (χ2v) is 18.7. The zero-order chi connectivity index (χ0) is 8.48. The van der Waals surface area contributed by atoms with Crippen molar-refractivity contribution >= 4 is 38.6 Å². The molecule has 0 unspecified atom stereocenters. The van der Waals surface area contributed by atoms with Gasteiger partial charge in [-0.05, 0) is 0 Å². The minimum atomic E-state index is -1.86. The van der Waals surface area contributed by atoms with Crippen LogP contribution in [0.15, 0.2) is 5.38 Å². The number of hydrogen-bond donors (Lipinski definition) is 1. The van der Waals surface area contributed by atoms with Crippen LogP contribution in [0.4, 0.5) is 5.13 Å². The van der Waals surface area contributed by atoms with Gasteiger partial charge in [0.2, 0.25) is 0 Å². The predicted molar refractivity (Wildman–Crippen MR) is 54.6 cm³/mol. The molecule has 0 radical (unpaired) electrons. The summed E-state index contributed by atoms with van der Waals surface area (Å²) < 4.78 is 1.37. The number of hydrogen-bond acceptors (Lipinski definition) is 3. The summed E-state index contributed by atoms with van der Waals surface area (Å²) in [4.78, 5) is 11.6. The number of rotatable bonds is 2. The van der Waals surface area contributed by atoms with E-state index in [2.05, 4.69) is 30.5 Å². The number of nitrogens with zero attached hydrogens (tertiary/aromatic N) is 1. The molecule has 11 heavy (non-hydrogen) atoms. The monoisotopic (exact) mass is 278 g/mol. The van der Waals surface area contributed by atoms with Crippen LogP contribution in [0.5, 0.6) is 0 Å². The molecule has 1 N–H and O–H groups in total. The fraction of sp³-hybridized carbons (Fsp3) is 0.571. The minimum absolute atomic E-state index is 1.05. The van der Waals surface area contributed by atoms with Gasteiger partial charge in [-0.1, -0.05) is 0 Å². The van der Waals surface area contributed by atoms with Crippen LogP contribution in [0.25, 0.3) is 0 Å². The molecule has 0 aliphatic heterocycles. The molecule has 0 amide bonds. The van der Waals surface area contributed by atoms with Gasteiger partial charge in [-0.25, -0.2) is 0 Å². The molecule has 0 bridgehead atoms. The van der Waals surface area contributed by atoms with Gasteiger partial charge in [0.05, 0.1) is 0 Å². The molecule has 1 aromatic heterocycles. The van der Waals surface area contributed by atoms with E-state index >= 15 is 0 Å². The van der Waals surface area contributed by atoms with Gasteiger partial charge in [-0.15, -0.1) is 0 Å². The van der Waals surface area contributed by atoms with E-state index in [1.165, 1.54) is 3.71 Å². The van der Waals surface area contributed by atoms with Crippen molar-refractivity contribution in [3.63, 3.8) is 0 Å². The SMILES string of the molecule is CNc1n[c]([Sn]([CH3])([CH3])[CH3])cs1. The van der Waals surface area contributed by atoms with Crippen molar-refractivity contribution in [1.82, 2.24) is 4.98 Å². The summed E-state index contributed by atoms with van der Waals surface area (Å²) in [5, 5.41) is 6.30. The Labute approximate surface area is 75.9 Å². The van der Waals surface area contributed by atoms with Gasteiger partial charge in [0.25, 0.3) is 0 Å². The number of anilines is 1. The Morgan fingerprint density at radius 3 is 2.36 bits per heavy atom. The summed E-state index contributed by atoms with van der Waals surface area (Å²) >= 11 is -0.150. The molecule has 1 heterocycles. The fourth-order valence-electron chi connectivity index (χ4n) is 0.733. The molecule has 0 aromatic carbocycles. The molecule has 62 valence electrons. The molecule has 0 spiro atoms. The summed E-state index contributed by atoms with van der Waals surface area (Å²) in [6, 6.07) is 0. The first-order valence-electron chi connectivity index (χ1n) is 3.68. The topological polar surface area (TPSA) is 24.9 Å². The van der Waals surface area contributed by atoms with E-state index in [1.807, 2.05) is 7.05 Å². The van der Waals surface area contributed by atoms with E-state index < -0.39 is 18.4 Å². The Kier molecular flexibility index (Phi) is 2.80. The van der Waals surface area contributed by atoms with Crippen LogP contribution in [0.3, 0.4) is 0 Å². The molecule has 0 aliphatic rings. The van der Waals surface area contributed by atoms with Crippen molar-refractivity contribution in [2.45, 2.75) is 14.8 Å². The first-order chi connectivity index (χ1) is 5.04. The first kappa shape index (κ1) is 9.32. The summed E-state index contributed by atoms with van der Waals surface area (Å²) in [5.74, 6) is 0. The van der Waals surface area contributed by atoms with Gasteiger partial charge in [-0.2, -0.15) is 0 Å².